The summed E-state index contributed by atoms with van der Waals surface area (Å²) in [4.78, 5) is 16.3. The second kappa shape index (κ2) is 5.57. The van der Waals surface area contributed by atoms with E-state index < -0.39 is 0 Å². The Hall–Kier alpha value is -1.29. The molecule has 0 spiro atoms. The highest BCUT2D eigenvalue weighted by molar-refractivity contribution is 5.75. The van der Waals surface area contributed by atoms with E-state index in [0.29, 0.717) is 19.8 Å². The van der Waals surface area contributed by atoms with E-state index in [2.05, 4.69) is 13.5 Å². The Morgan fingerprint density at radius 3 is 2.89 bits per heavy atom. The topological polar surface area (TPSA) is 32.8 Å². The van der Waals surface area contributed by atoms with Gasteiger partial charge in [-0.3, -0.25) is 0 Å². The normalized spacial score (nSPS) is 25.3. The van der Waals surface area contributed by atoms with E-state index in [-0.39, 0.29) is 12.1 Å². The molecule has 4 nitrogen and oxygen atoms in total. The first-order valence-electron chi connectivity index (χ1n) is 6.58. The van der Waals surface area contributed by atoms with E-state index in [1.165, 1.54) is 11.1 Å². The number of nitrogens with zero attached hydrogens (tertiary/aromatic N) is 2. The lowest BCUT2D eigenvalue weighted by Crippen LogP contribution is -2.53. The predicted octanol–water partition coefficient (Wildman–Crippen LogP) is 2.04. The fraction of sp³-hybridized carbons (Fsp3) is 0.643. The van der Waals surface area contributed by atoms with Crippen molar-refractivity contribution in [3.05, 3.63) is 23.8 Å². The van der Waals surface area contributed by atoms with E-state index in [1.807, 2.05) is 22.8 Å². The van der Waals surface area contributed by atoms with Crippen molar-refractivity contribution in [1.82, 2.24) is 9.80 Å². The zero-order valence-corrected chi connectivity index (χ0v) is 11.3. The number of hydrogen-bond acceptors (Lipinski definition) is 2. The minimum atomic E-state index is 0.147. The van der Waals surface area contributed by atoms with Crippen molar-refractivity contribution in [2.75, 3.05) is 32.8 Å². The van der Waals surface area contributed by atoms with Crippen LogP contribution in [0.4, 0.5) is 4.79 Å². The van der Waals surface area contributed by atoms with Crippen molar-refractivity contribution in [1.29, 1.82) is 0 Å². The van der Waals surface area contributed by atoms with E-state index >= 15 is 0 Å². The summed E-state index contributed by atoms with van der Waals surface area (Å²) in [7, 11) is 0. The van der Waals surface area contributed by atoms with E-state index in [9.17, 15) is 4.79 Å². The van der Waals surface area contributed by atoms with Crippen molar-refractivity contribution in [2.24, 2.45) is 0 Å². The van der Waals surface area contributed by atoms with Gasteiger partial charge in [0.05, 0.1) is 19.3 Å². The monoisotopic (exact) mass is 250 g/mol. The summed E-state index contributed by atoms with van der Waals surface area (Å²) in [6.45, 7) is 11.5. The number of carbonyl (C=O) groups is 1. The van der Waals surface area contributed by atoms with Crippen LogP contribution >= 0.6 is 0 Å². The smallest absolute Gasteiger partial charge is 0.320 e. The third-order valence-electron chi connectivity index (χ3n) is 3.76. The number of hydrogen-bond donors (Lipinski definition) is 0. The number of rotatable bonds is 1. The standard InChI is InChI=1S/C14H22N2O2/c1-4-13-5-6-15(9-11(13)2)14(17)16-7-8-18-10-12(16)3/h4,12H,1,5-10H2,2-3H3/t12-/m1/s1. The Labute approximate surface area is 109 Å². The van der Waals surface area contributed by atoms with E-state index in [0.717, 1.165) is 19.5 Å². The molecule has 1 fully saturated rings. The van der Waals surface area contributed by atoms with Gasteiger partial charge >= 0.3 is 6.03 Å². The maximum atomic E-state index is 12.5. The summed E-state index contributed by atoms with van der Waals surface area (Å²) < 4.78 is 5.37. The molecule has 2 amide bonds. The molecule has 0 aromatic rings. The summed E-state index contributed by atoms with van der Waals surface area (Å²) >= 11 is 0. The zero-order chi connectivity index (χ0) is 13.1. The lowest BCUT2D eigenvalue weighted by molar-refractivity contribution is 0.0107. The molecule has 0 radical (unpaired) electrons. The summed E-state index contributed by atoms with van der Waals surface area (Å²) in [6.07, 6.45) is 2.83. The molecule has 0 N–H and O–H groups in total. The van der Waals surface area contributed by atoms with Gasteiger partial charge in [-0.15, -0.1) is 0 Å². The molecule has 0 bridgehead atoms. The Kier molecular flexibility index (Phi) is 4.07. The highest BCUT2D eigenvalue weighted by Crippen LogP contribution is 2.20. The summed E-state index contributed by atoms with van der Waals surface area (Å²) in [5.74, 6) is 0. The van der Waals surface area contributed by atoms with Gasteiger partial charge in [-0.2, -0.15) is 0 Å². The molecule has 2 aliphatic rings. The van der Waals surface area contributed by atoms with Crippen LogP contribution in [0.3, 0.4) is 0 Å². The third-order valence-corrected chi connectivity index (χ3v) is 3.76. The van der Waals surface area contributed by atoms with Crippen molar-refractivity contribution in [2.45, 2.75) is 26.3 Å². The van der Waals surface area contributed by atoms with Gasteiger partial charge in [0.25, 0.3) is 0 Å². The molecule has 0 unspecified atom stereocenters. The van der Waals surface area contributed by atoms with Crippen LogP contribution in [0.2, 0.25) is 0 Å². The van der Waals surface area contributed by atoms with Gasteiger partial charge in [0.2, 0.25) is 0 Å². The number of allylic oxidation sites excluding steroid dienone is 1. The molecule has 0 aromatic heterocycles. The van der Waals surface area contributed by atoms with Crippen LogP contribution in [0.5, 0.6) is 0 Å². The van der Waals surface area contributed by atoms with Crippen molar-refractivity contribution >= 4 is 6.03 Å². The fourth-order valence-corrected chi connectivity index (χ4v) is 2.57. The van der Waals surface area contributed by atoms with Crippen LogP contribution in [-0.4, -0.2) is 54.7 Å². The molecular formula is C14H22N2O2. The van der Waals surface area contributed by atoms with Crippen LogP contribution in [-0.2, 0) is 4.74 Å². The van der Waals surface area contributed by atoms with Crippen molar-refractivity contribution in [3.63, 3.8) is 0 Å². The average Bonchev–Trinajstić information content (AvgIpc) is 2.38. The molecule has 100 valence electrons. The number of urea groups is 1. The molecule has 2 heterocycles. The Bertz CT molecular complexity index is 376. The van der Waals surface area contributed by atoms with Crippen LogP contribution in [0.15, 0.2) is 23.8 Å². The highest BCUT2D eigenvalue weighted by atomic mass is 16.5. The molecule has 4 heteroatoms. The molecule has 0 aromatic carbocycles. The lowest BCUT2D eigenvalue weighted by Gasteiger charge is -2.39. The van der Waals surface area contributed by atoms with E-state index in [4.69, 9.17) is 4.74 Å². The number of carbonyl (C=O) groups excluding carboxylic acids is 1. The summed E-state index contributed by atoms with van der Waals surface area (Å²) in [5, 5.41) is 0. The first kappa shape index (κ1) is 13.1. The maximum absolute atomic E-state index is 12.5. The molecule has 1 atom stereocenters. The summed E-state index contributed by atoms with van der Waals surface area (Å²) in [5.41, 5.74) is 2.54. The van der Waals surface area contributed by atoms with Crippen LogP contribution < -0.4 is 0 Å². The summed E-state index contributed by atoms with van der Waals surface area (Å²) in [6, 6.07) is 0.324. The van der Waals surface area contributed by atoms with Gasteiger partial charge in [-0.1, -0.05) is 18.2 Å². The second-order valence-corrected chi connectivity index (χ2v) is 5.08. The number of morpholine rings is 1. The highest BCUT2D eigenvalue weighted by Gasteiger charge is 2.29. The van der Waals surface area contributed by atoms with Crippen LogP contribution in [0.1, 0.15) is 20.3 Å². The van der Waals surface area contributed by atoms with Gasteiger partial charge in [-0.05, 0) is 25.8 Å². The van der Waals surface area contributed by atoms with Crippen LogP contribution in [0, 0.1) is 0 Å². The third kappa shape index (κ3) is 2.58. The molecule has 0 saturated carbocycles. The second-order valence-electron chi connectivity index (χ2n) is 5.08. The molecular weight excluding hydrogens is 228 g/mol. The minimum absolute atomic E-state index is 0.147. The van der Waals surface area contributed by atoms with Crippen molar-refractivity contribution in [3.8, 4) is 0 Å². The maximum Gasteiger partial charge on any atom is 0.320 e. The zero-order valence-electron chi connectivity index (χ0n) is 11.3. The Morgan fingerprint density at radius 2 is 2.28 bits per heavy atom. The Morgan fingerprint density at radius 1 is 1.50 bits per heavy atom. The molecule has 18 heavy (non-hydrogen) atoms. The fourth-order valence-electron chi connectivity index (χ4n) is 2.57. The quantitative estimate of drug-likeness (QED) is 0.713. The van der Waals surface area contributed by atoms with Gasteiger partial charge in [0, 0.05) is 19.6 Å². The van der Waals surface area contributed by atoms with Gasteiger partial charge < -0.3 is 14.5 Å². The molecule has 0 aliphatic carbocycles. The van der Waals surface area contributed by atoms with Gasteiger partial charge in [0.15, 0.2) is 0 Å². The van der Waals surface area contributed by atoms with Crippen LogP contribution in [0.25, 0.3) is 0 Å². The van der Waals surface area contributed by atoms with Gasteiger partial charge in [-0.25, -0.2) is 4.79 Å². The molecule has 2 rings (SSSR count). The molecule has 2 aliphatic heterocycles. The predicted molar refractivity (Wildman–Crippen MR) is 71.5 cm³/mol. The minimum Gasteiger partial charge on any atom is -0.377 e. The van der Waals surface area contributed by atoms with Gasteiger partial charge in [0.1, 0.15) is 0 Å². The molecule has 1 saturated heterocycles. The largest absolute Gasteiger partial charge is 0.377 e. The first-order valence-corrected chi connectivity index (χ1v) is 6.58. The average molecular weight is 250 g/mol. The van der Waals surface area contributed by atoms with Crippen molar-refractivity contribution < 1.29 is 9.53 Å². The first-order chi connectivity index (χ1) is 8.63. The Balaban J connectivity index is 2.02. The lowest BCUT2D eigenvalue weighted by atomic mass is 10.0. The number of ether oxygens (including phenoxy) is 1. The van der Waals surface area contributed by atoms with E-state index in [1.54, 1.807) is 0 Å². The number of amides is 2. The SMILES string of the molecule is C=CC1=C(C)CN(C(=O)N2CCOC[C@H]2C)CC1.